The van der Waals surface area contributed by atoms with Gasteiger partial charge in [-0.1, -0.05) is 30.1 Å². The number of aromatic nitrogens is 3. The van der Waals surface area contributed by atoms with Gasteiger partial charge in [0.05, 0.1) is 11.7 Å². The van der Waals surface area contributed by atoms with Gasteiger partial charge in [-0.2, -0.15) is 0 Å². The van der Waals surface area contributed by atoms with Crippen LogP contribution in [0.2, 0.25) is 10.0 Å². The van der Waals surface area contributed by atoms with Crippen LogP contribution >= 0.6 is 23.2 Å². The van der Waals surface area contributed by atoms with Gasteiger partial charge in [-0.15, -0.1) is 0 Å². The summed E-state index contributed by atoms with van der Waals surface area (Å²) < 4.78 is 5.61. The van der Waals surface area contributed by atoms with Gasteiger partial charge in [0.25, 0.3) is 0 Å². The fourth-order valence-corrected chi connectivity index (χ4v) is 2.35. The van der Waals surface area contributed by atoms with E-state index in [0.717, 1.165) is 12.1 Å². The number of nitrogens with zero attached hydrogens (tertiary/aromatic N) is 3. The number of aryl methyl sites for hydroxylation is 2. The van der Waals surface area contributed by atoms with Gasteiger partial charge in [0.15, 0.2) is 0 Å². The summed E-state index contributed by atoms with van der Waals surface area (Å²) in [5.41, 5.74) is 0.831. The van der Waals surface area contributed by atoms with Crippen LogP contribution in [0.4, 0.5) is 5.82 Å². The second-order valence-corrected chi connectivity index (χ2v) is 5.67. The average Bonchev–Trinajstić information content (AvgIpc) is 2.49. The van der Waals surface area contributed by atoms with Crippen LogP contribution in [-0.4, -0.2) is 27.6 Å². The quantitative estimate of drug-likeness (QED) is 0.863. The summed E-state index contributed by atoms with van der Waals surface area (Å²) in [6.45, 7) is 6.20. The lowest BCUT2D eigenvalue weighted by molar-refractivity contribution is 0.292. The van der Waals surface area contributed by atoms with E-state index in [-0.39, 0.29) is 6.04 Å². The smallest absolute Gasteiger partial charge is 0.232 e. The fourth-order valence-electron chi connectivity index (χ4n) is 1.90. The number of nitrogens with one attached hydrogen (secondary N) is 1. The summed E-state index contributed by atoms with van der Waals surface area (Å²) >= 11 is 12.3. The molecule has 0 fully saturated rings. The number of halogens is 2. The predicted molar refractivity (Wildman–Crippen MR) is 89.0 cm³/mol. The van der Waals surface area contributed by atoms with Crippen LogP contribution in [0.1, 0.15) is 25.4 Å². The maximum atomic E-state index is 6.31. The van der Waals surface area contributed by atoms with E-state index in [9.17, 15) is 0 Å². The van der Waals surface area contributed by atoms with Crippen LogP contribution in [0.25, 0.3) is 0 Å². The minimum atomic E-state index is -0.0189. The highest BCUT2D eigenvalue weighted by Crippen LogP contribution is 2.24. The molecule has 0 aliphatic rings. The molecule has 2 rings (SSSR count). The lowest BCUT2D eigenvalue weighted by Gasteiger charge is -2.17. The van der Waals surface area contributed by atoms with Gasteiger partial charge in [0.2, 0.25) is 5.88 Å². The largest absolute Gasteiger partial charge is 0.474 e. The molecule has 0 saturated heterocycles. The lowest BCUT2D eigenvalue weighted by atomic mass is 10.3. The fraction of sp³-hybridized carbons (Fsp3) is 0.400. The van der Waals surface area contributed by atoms with E-state index in [1.165, 1.54) is 0 Å². The SMILES string of the molecule is CCc1nc(C)nc(N[C@@H](C)COc2ncccc2Cl)c1Cl. The number of anilines is 1. The van der Waals surface area contributed by atoms with Crippen molar-refractivity contribution in [2.75, 3.05) is 11.9 Å². The summed E-state index contributed by atoms with van der Waals surface area (Å²) in [6.07, 6.45) is 2.39. The van der Waals surface area contributed by atoms with E-state index in [1.807, 2.05) is 20.8 Å². The molecule has 2 aromatic rings. The number of hydrogen-bond acceptors (Lipinski definition) is 5. The predicted octanol–water partition coefficient (Wildman–Crippen LogP) is 3.93. The maximum Gasteiger partial charge on any atom is 0.232 e. The second-order valence-electron chi connectivity index (χ2n) is 4.88. The lowest BCUT2D eigenvalue weighted by Crippen LogP contribution is -2.25. The Balaban J connectivity index is 2.02. The first-order valence-corrected chi connectivity index (χ1v) is 7.79. The van der Waals surface area contributed by atoms with Crippen LogP contribution < -0.4 is 10.1 Å². The summed E-state index contributed by atoms with van der Waals surface area (Å²) in [6, 6.07) is 3.47. The van der Waals surface area contributed by atoms with Gasteiger partial charge >= 0.3 is 0 Å². The van der Waals surface area contributed by atoms with E-state index in [2.05, 4.69) is 20.3 Å². The van der Waals surface area contributed by atoms with E-state index < -0.39 is 0 Å². The summed E-state index contributed by atoms with van der Waals surface area (Å²) in [7, 11) is 0. The van der Waals surface area contributed by atoms with E-state index in [0.29, 0.717) is 34.2 Å². The Kier molecular flexibility index (Phi) is 5.80. The standard InChI is InChI=1S/C15H18Cl2N4O/c1-4-12-13(17)14(21-10(3)20-12)19-9(2)8-22-15-11(16)6-5-7-18-15/h5-7,9H,4,8H2,1-3H3,(H,19,20,21)/t9-/m0/s1. The van der Waals surface area contributed by atoms with Crippen molar-refractivity contribution in [3.8, 4) is 5.88 Å². The highest BCUT2D eigenvalue weighted by Gasteiger charge is 2.13. The van der Waals surface area contributed by atoms with E-state index >= 15 is 0 Å². The number of ether oxygens (including phenoxy) is 1. The monoisotopic (exact) mass is 340 g/mol. The highest BCUT2D eigenvalue weighted by atomic mass is 35.5. The first-order chi connectivity index (χ1) is 10.5. The zero-order valence-corrected chi connectivity index (χ0v) is 14.2. The molecule has 5 nitrogen and oxygen atoms in total. The molecule has 2 heterocycles. The first kappa shape index (κ1) is 16.8. The highest BCUT2D eigenvalue weighted by molar-refractivity contribution is 6.33. The van der Waals surface area contributed by atoms with Gasteiger partial charge < -0.3 is 10.1 Å². The molecule has 0 bridgehead atoms. The Bertz CT molecular complexity index is 651. The first-order valence-electron chi connectivity index (χ1n) is 7.04. The molecule has 7 heteroatoms. The average molecular weight is 341 g/mol. The Morgan fingerprint density at radius 1 is 1.32 bits per heavy atom. The van der Waals surface area contributed by atoms with Gasteiger partial charge in [-0.25, -0.2) is 15.0 Å². The van der Waals surface area contributed by atoms with Crippen molar-refractivity contribution in [1.82, 2.24) is 15.0 Å². The Morgan fingerprint density at radius 2 is 2.09 bits per heavy atom. The zero-order chi connectivity index (χ0) is 16.1. The van der Waals surface area contributed by atoms with E-state index in [1.54, 1.807) is 18.3 Å². The Hall–Kier alpha value is -1.59. The molecule has 2 aromatic heterocycles. The van der Waals surface area contributed by atoms with Crippen LogP contribution in [0.5, 0.6) is 5.88 Å². The molecular formula is C15H18Cl2N4O. The van der Waals surface area contributed by atoms with Gasteiger partial charge in [0, 0.05) is 6.20 Å². The van der Waals surface area contributed by atoms with Crippen molar-refractivity contribution < 1.29 is 4.74 Å². The molecule has 0 radical (unpaired) electrons. The molecule has 0 saturated carbocycles. The van der Waals surface area contributed by atoms with Gasteiger partial charge in [-0.05, 0) is 32.4 Å². The van der Waals surface area contributed by atoms with Crippen molar-refractivity contribution in [3.63, 3.8) is 0 Å². The Morgan fingerprint density at radius 3 is 2.77 bits per heavy atom. The topological polar surface area (TPSA) is 59.9 Å². The number of rotatable bonds is 6. The molecule has 0 aliphatic carbocycles. The molecule has 0 amide bonds. The second kappa shape index (κ2) is 7.61. The third kappa shape index (κ3) is 4.21. The molecule has 0 spiro atoms. The van der Waals surface area contributed by atoms with Gasteiger partial charge in [0.1, 0.15) is 28.3 Å². The van der Waals surface area contributed by atoms with Crippen LogP contribution in [0.15, 0.2) is 18.3 Å². The van der Waals surface area contributed by atoms with E-state index in [4.69, 9.17) is 27.9 Å². The van der Waals surface area contributed by atoms with Crippen molar-refractivity contribution in [3.05, 3.63) is 39.9 Å². The molecule has 0 aromatic carbocycles. The van der Waals surface area contributed by atoms with Crippen LogP contribution in [0.3, 0.4) is 0 Å². The van der Waals surface area contributed by atoms with Crippen LogP contribution in [0, 0.1) is 6.92 Å². The number of pyridine rings is 1. The Labute approximate surface area is 140 Å². The third-order valence-corrected chi connectivity index (χ3v) is 3.63. The summed E-state index contributed by atoms with van der Waals surface area (Å²) in [4.78, 5) is 12.7. The molecular weight excluding hydrogens is 323 g/mol. The summed E-state index contributed by atoms with van der Waals surface area (Å²) in [5.74, 6) is 1.72. The number of hydrogen-bond donors (Lipinski definition) is 1. The molecule has 118 valence electrons. The third-order valence-electron chi connectivity index (χ3n) is 2.94. The van der Waals surface area contributed by atoms with Crippen LogP contribution in [-0.2, 0) is 6.42 Å². The molecule has 0 aliphatic heterocycles. The molecule has 1 N–H and O–H groups in total. The molecule has 22 heavy (non-hydrogen) atoms. The minimum Gasteiger partial charge on any atom is -0.474 e. The molecule has 0 unspecified atom stereocenters. The van der Waals surface area contributed by atoms with Crippen molar-refractivity contribution in [2.45, 2.75) is 33.2 Å². The molecule has 1 atom stereocenters. The zero-order valence-electron chi connectivity index (χ0n) is 12.7. The van der Waals surface area contributed by atoms with Gasteiger partial charge in [-0.3, -0.25) is 0 Å². The normalized spacial score (nSPS) is 12.0. The van der Waals surface area contributed by atoms with Crippen molar-refractivity contribution >= 4 is 29.0 Å². The minimum absolute atomic E-state index is 0.0189. The van der Waals surface area contributed by atoms with Crippen molar-refractivity contribution in [2.24, 2.45) is 0 Å². The summed E-state index contributed by atoms with van der Waals surface area (Å²) in [5, 5.41) is 4.27. The maximum absolute atomic E-state index is 6.31. The van der Waals surface area contributed by atoms with Crippen molar-refractivity contribution in [1.29, 1.82) is 0 Å².